The number of hydrogen-bond acceptors (Lipinski definition) is 4. The minimum absolute atomic E-state index is 0. The van der Waals surface area contributed by atoms with Gasteiger partial charge in [0.2, 0.25) is 0 Å². The van der Waals surface area contributed by atoms with E-state index in [1.54, 1.807) is 6.07 Å². The van der Waals surface area contributed by atoms with Gasteiger partial charge in [-0.05, 0) is 170 Å². The Balaban J connectivity index is 0.00000533. The average molecular weight is 1090 g/mol. The Morgan fingerprint density at radius 1 is 0.514 bits per heavy atom. The van der Waals surface area contributed by atoms with Crippen molar-refractivity contribution in [2.24, 2.45) is 0 Å². The summed E-state index contributed by atoms with van der Waals surface area (Å²) >= 11 is 0. The number of fused-ring (bicyclic) bond motifs is 7. The van der Waals surface area contributed by atoms with E-state index in [2.05, 4.69) is 175 Å². The van der Waals surface area contributed by atoms with Crippen LogP contribution in [-0.4, -0.2) is 19.6 Å². The number of benzene rings is 8. The van der Waals surface area contributed by atoms with E-state index >= 15 is 0 Å². The fourth-order valence-electron chi connectivity index (χ4n) is 11.8. The summed E-state index contributed by atoms with van der Waals surface area (Å²) in [5.41, 5.74) is 27.6. The SMILES string of the molecule is Cc1cc(C)c(-c2cccc(-c3c(C)cc(C)cc3C)c2-c2ccc3c(nc(-c4ccc5c(n4)-c4c(O)cccc4CC5)n3-c3c(C)cccc3C)c2-c2[c-]cc3oc4ccccc4c3c2)c(C)c1.[Pt]. The molecule has 1 N–H and O–H groups in total. The topological polar surface area (TPSA) is 64.1 Å². The molecule has 1 aliphatic carbocycles. The van der Waals surface area contributed by atoms with Crippen molar-refractivity contribution in [2.75, 3.05) is 0 Å². The van der Waals surface area contributed by atoms with Gasteiger partial charge in [-0.2, -0.15) is 0 Å². The molecule has 8 aromatic carbocycles. The van der Waals surface area contributed by atoms with Gasteiger partial charge >= 0.3 is 0 Å². The Bertz CT molecular complexity index is 3820. The maximum absolute atomic E-state index is 11.3. The molecule has 6 heteroatoms. The summed E-state index contributed by atoms with van der Waals surface area (Å²) in [4.78, 5) is 11.3. The summed E-state index contributed by atoms with van der Waals surface area (Å²) in [5.74, 6) is 0.975. The Labute approximate surface area is 423 Å². The molecule has 0 bridgehead atoms. The van der Waals surface area contributed by atoms with Gasteiger partial charge in [0.1, 0.15) is 17.0 Å². The number of phenols is 1. The monoisotopic (exact) mass is 1090 g/mol. The van der Waals surface area contributed by atoms with Crippen molar-refractivity contribution in [3.05, 3.63) is 201 Å². The van der Waals surface area contributed by atoms with Crippen LogP contribution in [0, 0.1) is 61.5 Å². The second-order valence-corrected chi connectivity index (χ2v) is 19.4. The van der Waals surface area contributed by atoms with Crippen LogP contribution in [0.2, 0.25) is 0 Å². The van der Waals surface area contributed by atoms with Crippen LogP contribution in [0.5, 0.6) is 5.75 Å². The second-order valence-electron chi connectivity index (χ2n) is 19.4. The van der Waals surface area contributed by atoms with Crippen molar-refractivity contribution in [3.8, 4) is 78.7 Å². The molecule has 0 radical (unpaired) electrons. The van der Waals surface area contributed by atoms with Gasteiger partial charge in [0.25, 0.3) is 0 Å². The van der Waals surface area contributed by atoms with E-state index in [-0.39, 0.29) is 26.8 Å². The van der Waals surface area contributed by atoms with E-state index in [4.69, 9.17) is 14.4 Å². The third-order valence-corrected chi connectivity index (χ3v) is 14.5. The summed E-state index contributed by atoms with van der Waals surface area (Å²) < 4.78 is 8.76. The number of nitrogens with zero attached hydrogens (tertiary/aromatic N) is 3. The fourth-order valence-corrected chi connectivity index (χ4v) is 11.8. The molecular weight excluding hydrogens is 1040 g/mol. The van der Waals surface area contributed by atoms with Gasteiger partial charge in [-0.1, -0.05) is 125 Å². The molecule has 0 atom stereocenters. The van der Waals surface area contributed by atoms with Crippen LogP contribution in [0.1, 0.15) is 55.6 Å². The van der Waals surface area contributed by atoms with Crippen molar-refractivity contribution in [2.45, 2.75) is 68.2 Å². The van der Waals surface area contributed by atoms with Crippen molar-refractivity contribution < 1.29 is 30.6 Å². The maximum Gasteiger partial charge on any atom is 0.163 e. The first-order chi connectivity index (χ1) is 33.4. The predicted molar refractivity (Wildman–Crippen MR) is 285 cm³/mol. The molecule has 70 heavy (non-hydrogen) atoms. The minimum Gasteiger partial charge on any atom is -0.507 e. The van der Waals surface area contributed by atoms with Crippen LogP contribution in [0.25, 0.3) is 106 Å². The number of pyridine rings is 1. The molecule has 1 aliphatic rings. The van der Waals surface area contributed by atoms with Crippen molar-refractivity contribution >= 4 is 33.0 Å². The molecule has 5 nitrogen and oxygen atoms in total. The largest absolute Gasteiger partial charge is 0.507 e. The van der Waals surface area contributed by atoms with Gasteiger partial charge < -0.3 is 9.52 Å². The second kappa shape index (κ2) is 17.3. The number of imidazole rings is 1. The van der Waals surface area contributed by atoms with E-state index in [9.17, 15) is 5.11 Å². The van der Waals surface area contributed by atoms with Gasteiger partial charge in [0.15, 0.2) is 5.82 Å². The zero-order valence-corrected chi connectivity index (χ0v) is 43.0. The first-order valence-corrected chi connectivity index (χ1v) is 24.0. The number of aryl methyl sites for hydroxylation is 10. The Hall–Kier alpha value is -7.33. The summed E-state index contributed by atoms with van der Waals surface area (Å²) in [6.07, 6.45) is 1.70. The third kappa shape index (κ3) is 7.16. The smallest absolute Gasteiger partial charge is 0.163 e. The van der Waals surface area contributed by atoms with Crippen molar-refractivity contribution in [1.82, 2.24) is 14.5 Å². The van der Waals surface area contributed by atoms with E-state index in [1.165, 1.54) is 55.6 Å². The number of para-hydroxylation sites is 2. The van der Waals surface area contributed by atoms with Crippen LogP contribution in [0.4, 0.5) is 0 Å². The standard InChI is InChI=1S/C64H52N3O2.Pt/c1-35-30-39(5)56(40(6)31-35)47-18-13-19-48(57-41(7)32-36(2)33-42(57)8)60(47)49-26-28-52-62(58(49)45-25-29-55-50(34-45)46-17-9-10-21-54(46)69-55)66-64(67(52)63-37(3)14-11-15-38(63)4)51-27-24-44-23-22-43-16-12-20-53(68)59(43)61(44)65-51;/h9-21,24,26-34,68H,22-23H2,1-8H3;/q-1;. The fraction of sp³-hybridized carbons (Fsp3) is 0.156. The maximum atomic E-state index is 11.3. The van der Waals surface area contributed by atoms with Crippen LogP contribution < -0.4 is 0 Å². The molecule has 3 heterocycles. The molecule has 12 rings (SSSR count). The molecule has 0 amide bonds. The first-order valence-electron chi connectivity index (χ1n) is 24.0. The van der Waals surface area contributed by atoms with Crippen molar-refractivity contribution in [1.29, 1.82) is 0 Å². The number of aromatic nitrogens is 3. The molecule has 0 saturated carbocycles. The Morgan fingerprint density at radius 2 is 1.13 bits per heavy atom. The van der Waals surface area contributed by atoms with Gasteiger partial charge in [0.05, 0.1) is 28.0 Å². The average Bonchev–Trinajstić information content (AvgIpc) is 3.89. The summed E-state index contributed by atoms with van der Waals surface area (Å²) in [5, 5.41) is 13.4. The molecule has 0 aliphatic heterocycles. The Morgan fingerprint density at radius 3 is 1.81 bits per heavy atom. The van der Waals surface area contributed by atoms with E-state index in [0.717, 1.165) is 119 Å². The van der Waals surface area contributed by atoms with E-state index < -0.39 is 0 Å². The van der Waals surface area contributed by atoms with Crippen LogP contribution in [0.3, 0.4) is 0 Å². The predicted octanol–water partition coefficient (Wildman–Crippen LogP) is 16.4. The number of phenolic OH excluding ortho intramolecular Hbond substituents is 1. The van der Waals surface area contributed by atoms with Gasteiger partial charge in [-0.25, -0.2) is 9.97 Å². The van der Waals surface area contributed by atoms with Gasteiger partial charge in [0, 0.05) is 32.0 Å². The number of furan rings is 1. The third-order valence-electron chi connectivity index (χ3n) is 14.5. The van der Waals surface area contributed by atoms with Gasteiger partial charge in [-0.3, -0.25) is 4.57 Å². The van der Waals surface area contributed by atoms with Gasteiger partial charge in [-0.15, -0.1) is 23.8 Å². The molecule has 0 spiro atoms. The van der Waals surface area contributed by atoms with Crippen LogP contribution >= 0.6 is 0 Å². The van der Waals surface area contributed by atoms with Crippen molar-refractivity contribution in [3.63, 3.8) is 0 Å². The molecule has 0 fully saturated rings. The van der Waals surface area contributed by atoms with E-state index in [0.29, 0.717) is 0 Å². The molecule has 346 valence electrons. The number of hydrogen-bond donors (Lipinski definition) is 1. The zero-order valence-electron chi connectivity index (χ0n) is 40.7. The normalized spacial score (nSPS) is 12.1. The first kappa shape index (κ1) is 45.1. The summed E-state index contributed by atoms with van der Waals surface area (Å²) in [7, 11) is 0. The number of aromatic hydroxyl groups is 1. The summed E-state index contributed by atoms with van der Waals surface area (Å²) in [6, 6.07) is 53.5. The minimum atomic E-state index is 0. The number of rotatable bonds is 6. The Kier molecular flexibility index (Phi) is 11.1. The zero-order chi connectivity index (χ0) is 47.4. The molecule has 11 aromatic rings. The molecule has 0 unspecified atom stereocenters. The quantitative estimate of drug-likeness (QED) is 0.169. The van der Waals surface area contributed by atoms with Crippen LogP contribution in [-0.2, 0) is 33.9 Å². The molecule has 0 saturated heterocycles. The van der Waals surface area contributed by atoms with E-state index in [1.807, 2.05) is 24.3 Å². The summed E-state index contributed by atoms with van der Waals surface area (Å²) in [6.45, 7) is 17.7. The molecular formula is C64H52N3O2Pt-. The van der Waals surface area contributed by atoms with Crippen LogP contribution in [0.15, 0.2) is 144 Å². The molecule has 3 aromatic heterocycles.